The number of fused-ring (bicyclic) bond motifs is 1. The average Bonchev–Trinajstić information content (AvgIpc) is 3.03. The Morgan fingerprint density at radius 3 is 2.50 bits per heavy atom. The molecule has 3 aromatic rings. The lowest BCUT2D eigenvalue weighted by molar-refractivity contribution is -0.913. The van der Waals surface area contributed by atoms with Crippen LogP contribution in [0.15, 0.2) is 33.9 Å². The molecule has 1 unspecified atom stereocenters. The van der Waals surface area contributed by atoms with Crippen LogP contribution in [0.1, 0.15) is 43.6 Å². The number of benzene rings is 1. The van der Waals surface area contributed by atoms with Crippen LogP contribution in [0.25, 0.3) is 11.2 Å². The lowest BCUT2D eigenvalue weighted by Crippen LogP contribution is -3.10. The maximum atomic E-state index is 12.6. The van der Waals surface area contributed by atoms with E-state index in [1.807, 2.05) is 4.57 Å². The van der Waals surface area contributed by atoms with Gasteiger partial charge < -0.3 is 9.47 Å². The molecular formula is C21H30N5O2+. The fourth-order valence-corrected chi connectivity index (χ4v) is 3.50. The number of nitrogens with zero attached hydrogens (tertiary/aromatic N) is 3. The van der Waals surface area contributed by atoms with Gasteiger partial charge in [0.2, 0.25) is 0 Å². The van der Waals surface area contributed by atoms with Gasteiger partial charge in [-0.05, 0) is 25.8 Å². The van der Waals surface area contributed by atoms with Crippen molar-refractivity contribution in [1.29, 1.82) is 0 Å². The highest BCUT2D eigenvalue weighted by Crippen LogP contribution is 2.14. The van der Waals surface area contributed by atoms with E-state index >= 15 is 0 Å². The predicted molar refractivity (Wildman–Crippen MR) is 111 cm³/mol. The van der Waals surface area contributed by atoms with Crippen molar-refractivity contribution in [2.45, 2.75) is 46.7 Å². The van der Waals surface area contributed by atoms with Crippen LogP contribution in [0.4, 0.5) is 0 Å². The Balaban J connectivity index is 2.11. The van der Waals surface area contributed by atoms with E-state index in [0.29, 0.717) is 17.7 Å². The van der Waals surface area contributed by atoms with E-state index in [1.165, 1.54) is 15.0 Å². The zero-order valence-electron chi connectivity index (χ0n) is 17.2. The summed E-state index contributed by atoms with van der Waals surface area (Å²) in [6.07, 6.45) is 2.30. The van der Waals surface area contributed by atoms with Gasteiger partial charge in [0.05, 0.1) is 13.1 Å². The van der Waals surface area contributed by atoms with Crippen molar-refractivity contribution in [3.8, 4) is 0 Å². The highest BCUT2D eigenvalue weighted by atomic mass is 16.2. The lowest BCUT2D eigenvalue weighted by Gasteiger charge is -2.18. The first-order valence-corrected chi connectivity index (χ1v) is 10.0. The minimum absolute atomic E-state index is 0.379. The van der Waals surface area contributed by atoms with Gasteiger partial charge in [-0.15, -0.1) is 0 Å². The van der Waals surface area contributed by atoms with Gasteiger partial charge in [-0.3, -0.25) is 14.3 Å². The van der Waals surface area contributed by atoms with E-state index in [2.05, 4.69) is 50.0 Å². The molecule has 0 aliphatic rings. The quantitative estimate of drug-likeness (QED) is 0.608. The third-order valence-corrected chi connectivity index (χ3v) is 5.34. The number of imidazole rings is 1. The second-order valence-electron chi connectivity index (χ2n) is 7.47. The molecule has 0 amide bonds. The summed E-state index contributed by atoms with van der Waals surface area (Å²) in [6.45, 7) is 9.75. The summed E-state index contributed by atoms with van der Waals surface area (Å²) in [4.78, 5) is 33.2. The van der Waals surface area contributed by atoms with Crippen molar-refractivity contribution < 1.29 is 4.90 Å². The van der Waals surface area contributed by atoms with Crippen LogP contribution in [-0.2, 0) is 20.1 Å². The summed E-state index contributed by atoms with van der Waals surface area (Å²) >= 11 is 0. The lowest BCUT2D eigenvalue weighted by atomic mass is 10.1. The molecule has 1 atom stereocenters. The zero-order valence-corrected chi connectivity index (χ0v) is 17.2. The fraction of sp³-hybridized carbons (Fsp3) is 0.476. The highest BCUT2D eigenvalue weighted by Gasteiger charge is 2.20. The van der Waals surface area contributed by atoms with Crippen LogP contribution in [0, 0.1) is 6.92 Å². The van der Waals surface area contributed by atoms with Crippen LogP contribution >= 0.6 is 0 Å². The molecule has 0 aliphatic carbocycles. The second kappa shape index (κ2) is 8.56. The molecule has 0 saturated heterocycles. The molecule has 3 rings (SSSR count). The van der Waals surface area contributed by atoms with Crippen LogP contribution in [0.5, 0.6) is 0 Å². The largest absolute Gasteiger partial charge is 0.329 e. The number of aromatic amines is 1. The van der Waals surface area contributed by atoms with Crippen molar-refractivity contribution in [2.75, 3.05) is 13.1 Å². The number of nitrogens with one attached hydrogen (secondary N) is 2. The molecule has 150 valence electrons. The monoisotopic (exact) mass is 384 g/mol. The Morgan fingerprint density at radius 1 is 1.14 bits per heavy atom. The van der Waals surface area contributed by atoms with Gasteiger partial charge in [-0.2, -0.15) is 0 Å². The zero-order chi connectivity index (χ0) is 20.3. The Bertz CT molecular complexity index is 1060. The molecule has 2 aromatic heterocycles. The summed E-state index contributed by atoms with van der Waals surface area (Å²) in [5.41, 5.74) is 2.39. The number of hydrogen-bond donors (Lipinski definition) is 2. The SMILES string of the molecule is CCCC[NH+](CC)Cc1nc2c(c(=O)[nH]c(=O)n2C)n1Cc1ccc(C)cc1. The minimum atomic E-state index is -0.435. The van der Waals surface area contributed by atoms with Gasteiger partial charge in [-0.25, -0.2) is 9.78 Å². The molecule has 7 nitrogen and oxygen atoms in total. The van der Waals surface area contributed by atoms with Crippen LogP contribution in [-0.4, -0.2) is 32.2 Å². The molecule has 7 heteroatoms. The van der Waals surface area contributed by atoms with Crippen molar-refractivity contribution >= 4 is 11.2 Å². The van der Waals surface area contributed by atoms with E-state index in [-0.39, 0.29) is 5.56 Å². The smallest absolute Gasteiger partial charge is 0.329 e. The summed E-state index contributed by atoms with van der Waals surface area (Å²) < 4.78 is 3.39. The number of unbranched alkanes of at least 4 members (excludes halogenated alkanes) is 1. The number of rotatable bonds is 8. The molecule has 0 radical (unpaired) electrons. The molecule has 0 fully saturated rings. The summed E-state index contributed by atoms with van der Waals surface area (Å²) in [6, 6.07) is 8.28. The predicted octanol–water partition coefficient (Wildman–Crippen LogP) is 0.985. The topological polar surface area (TPSA) is 77.1 Å². The van der Waals surface area contributed by atoms with E-state index in [1.54, 1.807) is 7.05 Å². The molecule has 0 aliphatic heterocycles. The molecule has 1 aromatic carbocycles. The highest BCUT2D eigenvalue weighted by molar-refractivity contribution is 5.71. The van der Waals surface area contributed by atoms with E-state index in [4.69, 9.17) is 4.98 Å². The molecule has 28 heavy (non-hydrogen) atoms. The first-order chi connectivity index (χ1) is 13.4. The van der Waals surface area contributed by atoms with Gasteiger partial charge >= 0.3 is 5.69 Å². The number of aryl methyl sites for hydroxylation is 2. The van der Waals surface area contributed by atoms with Crippen molar-refractivity contribution in [3.05, 3.63) is 62.1 Å². The standard InChI is InChI=1S/C21H29N5O2/c1-5-7-12-25(6-2)14-17-22-19-18(20(27)23-21(28)24(19)4)26(17)13-16-10-8-15(3)9-11-16/h8-11H,5-7,12-14H2,1-4H3,(H,23,27,28)/p+1. The number of hydrogen-bond acceptors (Lipinski definition) is 3. The van der Waals surface area contributed by atoms with Crippen LogP contribution < -0.4 is 16.1 Å². The number of H-pyrrole nitrogens is 1. The summed E-state index contributed by atoms with van der Waals surface area (Å²) in [5.74, 6) is 0.843. The van der Waals surface area contributed by atoms with Crippen molar-refractivity contribution in [3.63, 3.8) is 0 Å². The maximum Gasteiger partial charge on any atom is 0.329 e. The van der Waals surface area contributed by atoms with Gasteiger partial charge in [0.25, 0.3) is 5.56 Å². The maximum absolute atomic E-state index is 12.6. The Labute approximate surface area is 164 Å². The molecule has 0 saturated carbocycles. The second-order valence-corrected chi connectivity index (χ2v) is 7.47. The first-order valence-electron chi connectivity index (χ1n) is 10.0. The van der Waals surface area contributed by atoms with E-state index in [9.17, 15) is 9.59 Å². The van der Waals surface area contributed by atoms with Gasteiger partial charge in [0.15, 0.2) is 17.0 Å². The number of quaternary nitrogens is 1. The Kier molecular flexibility index (Phi) is 6.14. The first kappa shape index (κ1) is 20.1. The van der Waals surface area contributed by atoms with Crippen LogP contribution in [0.3, 0.4) is 0 Å². The fourth-order valence-electron chi connectivity index (χ4n) is 3.50. The minimum Gasteiger partial charge on any atom is -0.329 e. The summed E-state index contributed by atoms with van der Waals surface area (Å²) in [5, 5.41) is 0. The van der Waals surface area contributed by atoms with E-state index < -0.39 is 5.69 Å². The molecule has 0 bridgehead atoms. The normalized spacial score (nSPS) is 12.6. The van der Waals surface area contributed by atoms with Crippen molar-refractivity contribution in [2.24, 2.45) is 7.05 Å². The molecule has 2 N–H and O–H groups in total. The van der Waals surface area contributed by atoms with Gasteiger partial charge in [0, 0.05) is 13.6 Å². The van der Waals surface area contributed by atoms with Gasteiger partial charge in [0.1, 0.15) is 6.54 Å². The van der Waals surface area contributed by atoms with Crippen LogP contribution in [0.2, 0.25) is 0 Å². The van der Waals surface area contributed by atoms with Gasteiger partial charge in [-0.1, -0.05) is 43.2 Å². The summed E-state index contributed by atoms with van der Waals surface area (Å²) in [7, 11) is 1.65. The third-order valence-electron chi connectivity index (χ3n) is 5.34. The Hall–Kier alpha value is -2.67. The third kappa shape index (κ3) is 4.09. The Morgan fingerprint density at radius 2 is 1.86 bits per heavy atom. The molecule has 2 heterocycles. The van der Waals surface area contributed by atoms with Crippen molar-refractivity contribution in [1.82, 2.24) is 19.1 Å². The average molecular weight is 385 g/mol. The molecule has 0 spiro atoms. The molecular weight excluding hydrogens is 354 g/mol. The number of aromatic nitrogens is 4. The van der Waals surface area contributed by atoms with E-state index in [0.717, 1.165) is 43.9 Å².